The molecule has 0 aliphatic carbocycles. The first-order chi connectivity index (χ1) is 13.0. The minimum absolute atomic E-state index is 0.453. The van der Waals surface area contributed by atoms with Gasteiger partial charge in [0.05, 0.1) is 0 Å². The quantitative estimate of drug-likeness (QED) is 0.317. The topological polar surface area (TPSA) is 141 Å². The van der Waals surface area contributed by atoms with Gasteiger partial charge in [0.1, 0.15) is 12.7 Å². The molecule has 11 nitrogen and oxygen atoms in total. The van der Waals surface area contributed by atoms with E-state index in [1.165, 1.54) is 0 Å². The Morgan fingerprint density at radius 1 is 0.786 bits per heavy atom. The molecule has 1 rings (SSSR count). The molecule has 5 unspecified atom stereocenters. The molecule has 28 heavy (non-hydrogen) atoms. The summed E-state index contributed by atoms with van der Waals surface area (Å²) in [6.07, 6.45) is -5.95. The van der Waals surface area contributed by atoms with Crippen LogP contribution in [-0.4, -0.2) is 67.2 Å². The van der Waals surface area contributed by atoms with Crippen molar-refractivity contribution in [2.24, 2.45) is 0 Å². The van der Waals surface area contributed by atoms with E-state index in [1.54, 1.807) is 0 Å². The minimum atomic E-state index is -1.51. The maximum Gasteiger partial charge on any atom is 0.330 e. The van der Waals surface area contributed by atoms with E-state index in [0.29, 0.717) is 0 Å². The summed E-state index contributed by atoms with van der Waals surface area (Å²) in [5.41, 5.74) is 0. The highest BCUT2D eigenvalue weighted by atomic mass is 16.7. The fourth-order valence-electron chi connectivity index (χ4n) is 2.47. The van der Waals surface area contributed by atoms with E-state index >= 15 is 0 Å². The van der Waals surface area contributed by atoms with Gasteiger partial charge < -0.3 is 28.4 Å². The van der Waals surface area contributed by atoms with Crippen molar-refractivity contribution in [3.8, 4) is 0 Å². The predicted molar refractivity (Wildman–Crippen MR) is 88.2 cm³/mol. The van der Waals surface area contributed by atoms with Crippen molar-refractivity contribution in [3.05, 3.63) is 12.7 Å². The molecular weight excluding hydrogens is 380 g/mol. The third-order valence-corrected chi connectivity index (χ3v) is 3.34. The summed E-state index contributed by atoms with van der Waals surface area (Å²) in [6.45, 7) is 7.13. The standard InChI is InChI=1S/C17H22O11/c1-6-13(22)23-7-12-14(24-8(2)18)15(25-9(3)19)16(26-10(4)20)17(28-12)27-11(5)21/h6,12,14-17H,1,7H2,2-5H3. The lowest BCUT2D eigenvalue weighted by Crippen LogP contribution is -2.63. The normalized spacial score (nSPS) is 26.4. The molecule has 11 heteroatoms. The van der Waals surface area contributed by atoms with Crippen LogP contribution in [0.5, 0.6) is 0 Å². The summed E-state index contributed by atoms with van der Waals surface area (Å²) in [5.74, 6) is -3.92. The number of ether oxygens (including phenoxy) is 6. The van der Waals surface area contributed by atoms with E-state index in [9.17, 15) is 24.0 Å². The largest absolute Gasteiger partial charge is 0.460 e. The first-order valence-corrected chi connectivity index (χ1v) is 8.18. The molecular formula is C17H22O11. The SMILES string of the molecule is C=CC(=O)OCC1OC(OC(C)=O)C(OC(C)=O)C(OC(C)=O)C1OC(C)=O. The molecule has 156 valence electrons. The summed E-state index contributed by atoms with van der Waals surface area (Å²) in [7, 11) is 0. The monoisotopic (exact) mass is 402 g/mol. The molecule has 1 aliphatic rings. The number of hydrogen-bond donors (Lipinski definition) is 0. The second-order valence-electron chi connectivity index (χ2n) is 5.71. The van der Waals surface area contributed by atoms with E-state index < -0.39 is 67.2 Å². The lowest BCUT2D eigenvalue weighted by molar-refractivity contribution is -0.300. The van der Waals surface area contributed by atoms with E-state index in [0.717, 1.165) is 33.8 Å². The highest BCUT2D eigenvalue weighted by Gasteiger charge is 2.53. The van der Waals surface area contributed by atoms with Crippen molar-refractivity contribution in [1.82, 2.24) is 0 Å². The molecule has 0 aromatic heterocycles. The number of esters is 5. The zero-order valence-corrected chi connectivity index (χ0v) is 15.9. The van der Waals surface area contributed by atoms with Crippen molar-refractivity contribution in [2.75, 3.05) is 6.61 Å². The molecule has 0 aromatic rings. The summed E-state index contributed by atoms with van der Waals surface area (Å²) < 4.78 is 30.9. The lowest BCUT2D eigenvalue weighted by Gasteiger charge is -2.43. The fourth-order valence-corrected chi connectivity index (χ4v) is 2.47. The van der Waals surface area contributed by atoms with Crippen LogP contribution in [0.2, 0.25) is 0 Å². The van der Waals surface area contributed by atoms with Crippen LogP contribution in [0.15, 0.2) is 12.7 Å². The van der Waals surface area contributed by atoms with Gasteiger partial charge in [-0.25, -0.2) is 4.79 Å². The van der Waals surface area contributed by atoms with Gasteiger partial charge in [0.2, 0.25) is 12.4 Å². The molecule has 0 amide bonds. The Morgan fingerprint density at radius 2 is 1.25 bits per heavy atom. The molecule has 1 fully saturated rings. The molecule has 5 atom stereocenters. The highest BCUT2D eigenvalue weighted by molar-refractivity contribution is 5.81. The van der Waals surface area contributed by atoms with Crippen LogP contribution in [0.4, 0.5) is 0 Å². The second-order valence-corrected chi connectivity index (χ2v) is 5.71. The van der Waals surface area contributed by atoms with E-state index in [2.05, 4.69) is 6.58 Å². The van der Waals surface area contributed by atoms with Crippen LogP contribution in [-0.2, 0) is 52.4 Å². The first kappa shape index (κ1) is 23.1. The van der Waals surface area contributed by atoms with Crippen LogP contribution < -0.4 is 0 Å². The van der Waals surface area contributed by atoms with Gasteiger partial charge in [-0.15, -0.1) is 0 Å². The van der Waals surface area contributed by atoms with Gasteiger partial charge in [0, 0.05) is 33.8 Å². The maximum atomic E-state index is 11.6. The van der Waals surface area contributed by atoms with Crippen LogP contribution in [0, 0.1) is 0 Å². The Balaban J connectivity index is 3.29. The number of hydrogen-bond acceptors (Lipinski definition) is 11. The van der Waals surface area contributed by atoms with E-state index in [-0.39, 0.29) is 0 Å². The van der Waals surface area contributed by atoms with Gasteiger partial charge in [-0.2, -0.15) is 0 Å². The van der Waals surface area contributed by atoms with E-state index in [1.807, 2.05) is 0 Å². The summed E-state index contributed by atoms with van der Waals surface area (Å²) >= 11 is 0. The average molecular weight is 402 g/mol. The average Bonchev–Trinajstić information content (AvgIpc) is 2.56. The number of carbonyl (C=O) groups excluding carboxylic acids is 5. The molecule has 0 aromatic carbocycles. The van der Waals surface area contributed by atoms with E-state index in [4.69, 9.17) is 28.4 Å². The molecule has 1 saturated heterocycles. The van der Waals surface area contributed by atoms with Gasteiger partial charge in [0.15, 0.2) is 12.2 Å². The van der Waals surface area contributed by atoms with Crippen molar-refractivity contribution >= 4 is 29.8 Å². The summed E-state index contributed by atoms with van der Waals surface area (Å²) in [4.78, 5) is 57.4. The van der Waals surface area contributed by atoms with Gasteiger partial charge in [0.25, 0.3) is 0 Å². The Kier molecular flexibility index (Phi) is 8.58. The van der Waals surface area contributed by atoms with Crippen LogP contribution in [0.25, 0.3) is 0 Å². The molecule has 0 radical (unpaired) electrons. The minimum Gasteiger partial charge on any atom is -0.460 e. The highest BCUT2D eigenvalue weighted by Crippen LogP contribution is 2.30. The molecule has 1 aliphatic heterocycles. The molecule has 0 saturated carbocycles. The lowest BCUT2D eigenvalue weighted by atomic mass is 9.98. The first-order valence-electron chi connectivity index (χ1n) is 8.18. The van der Waals surface area contributed by atoms with Gasteiger partial charge in [-0.1, -0.05) is 6.58 Å². The van der Waals surface area contributed by atoms with Crippen molar-refractivity contribution < 1.29 is 52.4 Å². The number of carbonyl (C=O) groups is 5. The Hall–Kier alpha value is -2.95. The molecule has 0 N–H and O–H groups in total. The van der Waals surface area contributed by atoms with Crippen molar-refractivity contribution in [3.63, 3.8) is 0 Å². The maximum absolute atomic E-state index is 11.6. The third-order valence-electron chi connectivity index (χ3n) is 3.34. The van der Waals surface area contributed by atoms with Crippen LogP contribution in [0.3, 0.4) is 0 Å². The van der Waals surface area contributed by atoms with Crippen LogP contribution >= 0.6 is 0 Å². The van der Waals surface area contributed by atoms with Gasteiger partial charge >= 0.3 is 29.8 Å². The molecule has 1 heterocycles. The fraction of sp³-hybridized carbons (Fsp3) is 0.588. The van der Waals surface area contributed by atoms with Gasteiger partial charge in [-0.05, 0) is 0 Å². The Morgan fingerprint density at radius 3 is 1.71 bits per heavy atom. The van der Waals surface area contributed by atoms with Gasteiger partial charge in [-0.3, -0.25) is 19.2 Å². The predicted octanol–water partition coefficient (Wildman–Crippen LogP) is -0.201. The third kappa shape index (κ3) is 6.99. The number of rotatable bonds is 7. The van der Waals surface area contributed by atoms with Crippen LogP contribution in [0.1, 0.15) is 27.7 Å². The second kappa shape index (κ2) is 10.4. The van der Waals surface area contributed by atoms with Crippen molar-refractivity contribution in [2.45, 2.75) is 58.4 Å². The smallest absolute Gasteiger partial charge is 0.330 e. The Bertz CT molecular complexity index is 641. The molecule has 0 spiro atoms. The molecule has 0 bridgehead atoms. The summed E-state index contributed by atoms with van der Waals surface area (Å²) in [5, 5.41) is 0. The summed E-state index contributed by atoms with van der Waals surface area (Å²) in [6, 6.07) is 0. The zero-order valence-electron chi connectivity index (χ0n) is 15.9. The zero-order chi connectivity index (χ0) is 21.4. The van der Waals surface area contributed by atoms with Crippen molar-refractivity contribution in [1.29, 1.82) is 0 Å². The Labute approximate surface area is 160 Å².